The largest absolute Gasteiger partial charge is 0.399 e. The van der Waals surface area contributed by atoms with Gasteiger partial charge in [-0.25, -0.2) is 4.39 Å². The number of hydrogen-bond acceptors (Lipinski definition) is 5. The lowest BCUT2D eigenvalue weighted by molar-refractivity contribution is 0.429. The average molecular weight is 284 g/mol. The second-order valence-corrected chi connectivity index (χ2v) is 4.84. The Balaban J connectivity index is 2.03. The quantitative estimate of drug-likeness (QED) is 0.731. The fraction of sp³-hybridized carbons (Fsp3) is 0.133. The fourth-order valence-corrected chi connectivity index (χ4v) is 2.08. The number of pyridine rings is 1. The highest BCUT2D eigenvalue weighted by atomic mass is 19.1. The number of nitrogens with two attached hydrogens (primary N) is 1. The maximum Gasteiger partial charge on any atom is 0.261 e. The lowest BCUT2D eigenvalue weighted by Gasteiger charge is -2.00. The number of anilines is 1. The van der Waals surface area contributed by atoms with Crippen LogP contribution in [0.1, 0.15) is 11.1 Å². The summed E-state index contributed by atoms with van der Waals surface area (Å²) in [7, 11) is 0. The molecule has 0 aliphatic rings. The van der Waals surface area contributed by atoms with Crippen molar-refractivity contribution in [2.75, 3.05) is 5.73 Å². The molecule has 0 amide bonds. The van der Waals surface area contributed by atoms with Gasteiger partial charge < -0.3 is 10.3 Å². The molecule has 1 aromatic carbocycles. The van der Waals surface area contributed by atoms with Gasteiger partial charge in [0.1, 0.15) is 11.5 Å². The SMILES string of the molecule is Cc1cnc(-c2noc(-c3ccc(N)cc3F)n2)c(C)c1. The van der Waals surface area contributed by atoms with Crippen molar-refractivity contribution in [3.05, 3.63) is 47.4 Å². The minimum absolute atomic E-state index is 0.101. The van der Waals surface area contributed by atoms with Crippen LogP contribution in [-0.4, -0.2) is 15.1 Å². The predicted molar refractivity (Wildman–Crippen MR) is 76.8 cm³/mol. The van der Waals surface area contributed by atoms with Crippen LogP contribution in [0.5, 0.6) is 0 Å². The van der Waals surface area contributed by atoms with E-state index < -0.39 is 5.82 Å². The molecule has 0 aliphatic heterocycles. The topological polar surface area (TPSA) is 77.8 Å². The number of aryl methyl sites for hydroxylation is 2. The zero-order valence-electron chi connectivity index (χ0n) is 11.6. The van der Waals surface area contributed by atoms with Crippen molar-refractivity contribution in [3.8, 4) is 23.0 Å². The smallest absolute Gasteiger partial charge is 0.261 e. The number of aromatic nitrogens is 3. The summed E-state index contributed by atoms with van der Waals surface area (Å²) in [5.74, 6) is -0.0678. The Morgan fingerprint density at radius 3 is 2.71 bits per heavy atom. The standard InChI is InChI=1S/C15H13FN4O/c1-8-5-9(2)13(18-7-8)14-19-15(21-20-14)11-4-3-10(17)6-12(11)16/h3-7H,17H2,1-2H3. The Morgan fingerprint density at radius 2 is 2.00 bits per heavy atom. The zero-order valence-corrected chi connectivity index (χ0v) is 11.6. The van der Waals surface area contributed by atoms with Gasteiger partial charge in [0.15, 0.2) is 0 Å². The minimum atomic E-state index is -0.501. The van der Waals surface area contributed by atoms with Gasteiger partial charge in [0.2, 0.25) is 5.82 Å². The van der Waals surface area contributed by atoms with Crippen molar-refractivity contribution in [1.29, 1.82) is 0 Å². The Hall–Kier alpha value is -2.76. The maximum absolute atomic E-state index is 13.9. The summed E-state index contributed by atoms with van der Waals surface area (Å²) in [6.07, 6.45) is 1.72. The third kappa shape index (κ3) is 2.47. The van der Waals surface area contributed by atoms with Gasteiger partial charge >= 0.3 is 0 Å². The molecule has 0 spiro atoms. The third-order valence-corrected chi connectivity index (χ3v) is 3.08. The summed E-state index contributed by atoms with van der Waals surface area (Å²) in [5.41, 5.74) is 8.67. The Kier molecular flexibility index (Phi) is 3.13. The second-order valence-electron chi connectivity index (χ2n) is 4.84. The summed E-state index contributed by atoms with van der Waals surface area (Å²) >= 11 is 0. The number of rotatable bonds is 2. The summed E-state index contributed by atoms with van der Waals surface area (Å²) in [6.45, 7) is 3.87. The number of hydrogen-bond donors (Lipinski definition) is 1. The van der Waals surface area contributed by atoms with Crippen LogP contribution in [-0.2, 0) is 0 Å². The van der Waals surface area contributed by atoms with Crippen LogP contribution in [0.2, 0.25) is 0 Å². The number of nitrogen functional groups attached to an aromatic ring is 1. The number of nitrogens with zero attached hydrogens (tertiary/aromatic N) is 3. The number of benzene rings is 1. The highest BCUT2D eigenvalue weighted by Crippen LogP contribution is 2.26. The molecule has 106 valence electrons. The molecule has 0 unspecified atom stereocenters. The molecule has 21 heavy (non-hydrogen) atoms. The van der Waals surface area contributed by atoms with E-state index >= 15 is 0 Å². The van der Waals surface area contributed by atoms with E-state index in [9.17, 15) is 4.39 Å². The van der Waals surface area contributed by atoms with Crippen LogP contribution >= 0.6 is 0 Å². The predicted octanol–water partition coefficient (Wildman–Crippen LogP) is 3.14. The molecule has 5 nitrogen and oxygen atoms in total. The van der Waals surface area contributed by atoms with E-state index in [0.29, 0.717) is 17.2 Å². The van der Waals surface area contributed by atoms with Crippen molar-refractivity contribution >= 4 is 5.69 Å². The summed E-state index contributed by atoms with van der Waals surface area (Å²) in [6, 6.07) is 6.28. The minimum Gasteiger partial charge on any atom is -0.399 e. The lowest BCUT2D eigenvalue weighted by Crippen LogP contribution is -1.92. The molecule has 0 atom stereocenters. The first kappa shape index (κ1) is 13.2. The van der Waals surface area contributed by atoms with Crippen molar-refractivity contribution in [3.63, 3.8) is 0 Å². The number of halogens is 1. The van der Waals surface area contributed by atoms with Gasteiger partial charge in [-0.3, -0.25) is 4.98 Å². The average Bonchev–Trinajstić information content (AvgIpc) is 2.87. The van der Waals surface area contributed by atoms with E-state index in [4.69, 9.17) is 10.3 Å². The molecule has 2 N–H and O–H groups in total. The molecule has 0 saturated carbocycles. The molecule has 0 bridgehead atoms. The van der Waals surface area contributed by atoms with Crippen LogP contribution in [0.4, 0.5) is 10.1 Å². The Morgan fingerprint density at radius 1 is 1.19 bits per heavy atom. The van der Waals surface area contributed by atoms with E-state index in [1.807, 2.05) is 19.9 Å². The summed E-state index contributed by atoms with van der Waals surface area (Å²) in [4.78, 5) is 8.50. The Labute approximate surface area is 120 Å². The van der Waals surface area contributed by atoms with Crippen molar-refractivity contribution in [2.45, 2.75) is 13.8 Å². The van der Waals surface area contributed by atoms with Gasteiger partial charge in [-0.05, 0) is 43.2 Å². The van der Waals surface area contributed by atoms with Gasteiger partial charge in [-0.2, -0.15) is 4.98 Å². The fourth-order valence-electron chi connectivity index (χ4n) is 2.08. The van der Waals surface area contributed by atoms with Crippen LogP contribution in [0.25, 0.3) is 23.0 Å². The van der Waals surface area contributed by atoms with E-state index in [0.717, 1.165) is 11.1 Å². The van der Waals surface area contributed by atoms with Crippen molar-refractivity contribution in [2.24, 2.45) is 0 Å². The van der Waals surface area contributed by atoms with Crippen LogP contribution < -0.4 is 5.73 Å². The van der Waals surface area contributed by atoms with E-state index in [1.54, 1.807) is 12.3 Å². The first-order valence-corrected chi connectivity index (χ1v) is 6.37. The van der Waals surface area contributed by atoms with Gasteiger partial charge in [-0.1, -0.05) is 11.2 Å². The molecule has 0 fully saturated rings. The van der Waals surface area contributed by atoms with E-state index in [1.165, 1.54) is 12.1 Å². The molecular weight excluding hydrogens is 271 g/mol. The van der Waals surface area contributed by atoms with E-state index in [-0.39, 0.29) is 11.5 Å². The lowest BCUT2D eigenvalue weighted by atomic mass is 10.1. The molecule has 3 rings (SSSR count). The van der Waals surface area contributed by atoms with Crippen molar-refractivity contribution in [1.82, 2.24) is 15.1 Å². The molecule has 3 aromatic rings. The third-order valence-electron chi connectivity index (χ3n) is 3.08. The van der Waals surface area contributed by atoms with Crippen LogP contribution in [0.15, 0.2) is 35.0 Å². The van der Waals surface area contributed by atoms with E-state index in [2.05, 4.69) is 15.1 Å². The van der Waals surface area contributed by atoms with Gasteiger partial charge in [-0.15, -0.1) is 0 Å². The van der Waals surface area contributed by atoms with Crippen LogP contribution in [0.3, 0.4) is 0 Å². The molecule has 0 saturated heterocycles. The zero-order chi connectivity index (χ0) is 15.0. The molecule has 6 heteroatoms. The van der Waals surface area contributed by atoms with Gasteiger partial charge in [0.25, 0.3) is 5.89 Å². The summed E-state index contributed by atoms with van der Waals surface area (Å²) in [5, 5.41) is 3.87. The second kappa shape index (κ2) is 4.97. The van der Waals surface area contributed by atoms with Gasteiger partial charge in [0.05, 0.1) is 5.56 Å². The Bertz CT molecular complexity index is 747. The van der Waals surface area contributed by atoms with Gasteiger partial charge in [0, 0.05) is 11.9 Å². The van der Waals surface area contributed by atoms with Crippen molar-refractivity contribution < 1.29 is 8.91 Å². The first-order chi connectivity index (χ1) is 10.0. The molecule has 2 aromatic heterocycles. The first-order valence-electron chi connectivity index (χ1n) is 6.37. The molecular formula is C15H13FN4O. The van der Waals surface area contributed by atoms with Crippen LogP contribution in [0, 0.1) is 19.7 Å². The monoisotopic (exact) mass is 284 g/mol. The normalized spacial score (nSPS) is 10.8. The molecule has 0 aliphatic carbocycles. The molecule has 2 heterocycles. The highest BCUT2D eigenvalue weighted by Gasteiger charge is 2.16. The molecule has 0 radical (unpaired) electrons. The maximum atomic E-state index is 13.9. The summed E-state index contributed by atoms with van der Waals surface area (Å²) < 4.78 is 19.0. The highest BCUT2D eigenvalue weighted by molar-refractivity contribution is 5.62.